The number of halogens is 1. The number of carbonyl (C=O) groups excluding carboxylic acids is 1. The number of rotatable bonds is 4. The van der Waals surface area contributed by atoms with Gasteiger partial charge in [-0.2, -0.15) is 5.10 Å². The molecule has 2 aromatic carbocycles. The minimum Gasteiger partial charge on any atom is -0.497 e. The number of hydrogen-bond acceptors (Lipinski definition) is 4. The van der Waals surface area contributed by atoms with Crippen LogP contribution in [-0.2, 0) is 0 Å². The number of hydrogen-bond donors (Lipinski definition) is 1. The van der Waals surface area contributed by atoms with Gasteiger partial charge in [0.15, 0.2) is 5.65 Å². The molecule has 0 saturated carbocycles. The van der Waals surface area contributed by atoms with Crippen molar-refractivity contribution < 1.29 is 9.53 Å². The van der Waals surface area contributed by atoms with E-state index in [9.17, 15) is 4.79 Å². The molecule has 0 saturated heterocycles. The highest BCUT2D eigenvalue weighted by atomic mass is 35.5. The number of methoxy groups -OCH3 is 1. The number of pyridine rings is 1. The van der Waals surface area contributed by atoms with Gasteiger partial charge in [-0.15, -0.1) is 0 Å². The van der Waals surface area contributed by atoms with E-state index in [1.165, 1.54) is 0 Å². The zero-order valence-electron chi connectivity index (χ0n) is 16.2. The maximum Gasteiger partial charge on any atom is 0.256 e. The second-order valence-electron chi connectivity index (χ2n) is 6.64. The third-order valence-corrected chi connectivity index (χ3v) is 4.93. The third kappa shape index (κ3) is 3.54. The van der Waals surface area contributed by atoms with Crippen LogP contribution in [0.4, 0.5) is 5.69 Å². The zero-order chi connectivity index (χ0) is 20.5. The molecule has 4 aromatic rings. The number of fused-ring (bicyclic) bond motifs is 1. The van der Waals surface area contributed by atoms with Gasteiger partial charge >= 0.3 is 0 Å². The quantitative estimate of drug-likeness (QED) is 0.520. The highest BCUT2D eigenvalue weighted by molar-refractivity contribution is 6.32. The molecule has 2 aromatic heterocycles. The van der Waals surface area contributed by atoms with Crippen molar-refractivity contribution in [2.75, 3.05) is 12.4 Å². The topological polar surface area (TPSA) is 69.0 Å². The van der Waals surface area contributed by atoms with E-state index in [2.05, 4.69) is 15.4 Å². The Hall–Kier alpha value is -3.38. The Kier molecular flexibility index (Phi) is 4.94. The van der Waals surface area contributed by atoms with E-state index in [0.29, 0.717) is 44.4 Å². The molecule has 1 N–H and O–H groups in total. The molecule has 0 fully saturated rings. The molecular formula is C22H19ClN4O2. The molecular weight excluding hydrogens is 388 g/mol. The first-order valence-electron chi connectivity index (χ1n) is 9.05. The molecule has 2 heterocycles. The lowest BCUT2D eigenvalue weighted by molar-refractivity contribution is 0.102. The van der Waals surface area contributed by atoms with Crippen LogP contribution in [0.5, 0.6) is 5.75 Å². The summed E-state index contributed by atoms with van der Waals surface area (Å²) < 4.78 is 6.84. The van der Waals surface area contributed by atoms with Crippen LogP contribution in [0.3, 0.4) is 0 Å². The van der Waals surface area contributed by atoms with Crippen molar-refractivity contribution in [3.05, 3.63) is 76.6 Å². The summed E-state index contributed by atoms with van der Waals surface area (Å²) in [4.78, 5) is 17.7. The average molecular weight is 407 g/mol. The van der Waals surface area contributed by atoms with Crippen LogP contribution in [-0.4, -0.2) is 27.8 Å². The minimum absolute atomic E-state index is 0.229. The van der Waals surface area contributed by atoms with E-state index in [1.54, 1.807) is 48.2 Å². The second kappa shape index (κ2) is 7.56. The van der Waals surface area contributed by atoms with Crippen LogP contribution in [0, 0.1) is 13.8 Å². The molecule has 7 heteroatoms. The molecule has 4 rings (SSSR count). The molecule has 146 valence electrons. The van der Waals surface area contributed by atoms with Gasteiger partial charge in [0.1, 0.15) is 5.75 Å². The van der Waals surface area contributed by atoms with Gasteiger partial charge < -0.3 is 10.1 Å². The van der Waals surface area contributed by atoms with E-state index in [-0.39, 0.29) is 5.91 Å². The van der Waals surface area contributed by atoms with Crippen molar-refractivity contribution in [3.63, 3.8) is 0 Å². The highest BCUT2D eigenvalue weighted by Gasteiger charge is 2.20. The highest BCUT2D eigenvalue weighted by Crippen LogP contribution is 2.28. The molecule has 0 spiro atoms. The average Bonchev–Trinajstić information content (AvgIpc) is 3.04. The fourth-order valence-electron chi connectivity index (χ4n) is 3.26. The van der Waals surface area contributed by atoms with E-state index in [1.807, 2.05) is 32.0 Å². The molecule has 0 aliphatic carbocycles. The van der Waals surface area contributed by atoms with Crippen molar-refractivity contribution in [3.8, 4) is 11.4 Å². The zero-order valence-corrected chi connectivity index (χ0v) is 17.0. The summed E-state index contributed by atoms with van der Waals surface area (Å²) in [5, 5.41) is 8.79. The number of para-hydroxylation sites is 1. The van der Waals surface area contributed by atoms with Crippen molar-refractivity contribution in [1.29, 1.82) is 0 Å². The molecule has 29 heavy (non-hydrogen) atoms. The normalized spacial score (nSPS) is 10.9. The van der Waals surface area contributed by atoms with Gasteiger partial charge in [0.2, 0.25) is 0 Å². The minimum atomic E-state index is -0.229. The van der Waals surface area contributed by atoms with E-state index >= 15 is 0 Å². The predicted octanol–water partition coefficient (Wildman–Crippen LogP) is 4.95. The fraction of sp³-hybridized carbons (Fsp3) is 0.136. The van der Waals surface area contributed by atoms with Gasteiger partial charge in [0, 0.05) is 11.4 Å². The van der Waals surface area contributed by atoms with Crippen LogP contribution in [0.15, 0.2) is 54.6 Å². The molecule has 6 nitrogen and oxygen atoms in total. The number of anilines is 1. The summed E-state index contributed by atoms with van der Waals surface area (Å²) in [5.41, 5.74) is 3.91. The lowest BCUT2D eigenvalue weighted by atomic mass is 10.1. The number of nitrogens with one attached hydrogen (secondary N) is 1. The first-order chi connectivity index (χ1) is 14.0. The number of aromatic nitrogens is 3. The molecule has 0 aliphatic rings. The van der Waals surface area contributed by atoms with Gasteiger partial charge in [0.25, 0.3) is 5.91 Å². The number of amides is 1. The lowest BCUT2D eigenvalue weighted by Crippen LogP contribution is -2.13. The van der Waals surface area contributed by atoms with Crippen molar-refractivity contribution >= 4 is 34.2 Å². The smallest absolute Gasteiger partial charge is 0.256 e. The Morgan fingerprint density at radius 1 is 1.10 bits per heavy atom. The second-order valence-corrected chi connectivity index (χ2v) is 7.05. The van der Waals surface area contributed by atoms with E-state index < -0.39 is 0 Å². The molecule has 0 atom stereocenters. The summed E-state index contributed by atoms with van der Waals surface area (Å²) >= 11 is 6.36. The third-order valence-electron chi connectivity index (χ3n) is 4.61. The van der Waals surface area contributed by atoms with Crippen LogP contribution in [0.2, 0.25) is 5.02 Å². The number of aryl methyl sites for hydroxylation is 2. The van der Waals surface area contributed by atoms with Crippen LogP contribution in [0.25, 0.3) is 16.7 Å². The Bertz CT molecular complexity index is 1220. The predicted molar refractivity (Wildman–Crippen MR) is 114 cm³/mol. The van der Waals surface area contributed by atoms with E-state index in [0.717, 1.165) is 5.75 Å². The Balaban J connectivity index is 1.80. The van der Waals surface area contributed by atoms with Crippen LogP contribution in [0.1, 0.15) is 21.7 Å². The maximum atomic E-state index is 13.1. The number of nitrogens with zero attached hydrogens (tertiary/aromatic N) is 3. The van der Waals surface area contributed by atoms with Gasteiger partial charge in [-0.25, -0.2) is 9.67 Å². The largest absolute Gasteiger partial charge is 0.497 e. The van der Waals surface area contributed by atoms with Crippen LogP contribution < -0.4 is 10.1 Å². The van der Waals surface area contributed by atoms with Crippen molar-refractivity contribution in [2.24, 2.45) is 0 Å². The van der Waals surface area contributed by atoms with Gasteiger partial charge in [-0.05, 0) is 56.3 Å². The number of ether oxygens (including phenoxy) is 1. The first-order valence-corrected chi connectivity index (χ1v) is 9.43. The van der Waals surface area contributed by atoms with Gasteiger partial charge in [-0.1, -0.05) is 23.7 Å². The Labute approximate surface area is 173 Å². The van der Waals surface area contributed by atoms with Crippen molar-refractivity contribution in [2.45, 2.75) is 13.8 Å². The fourth-order valence-corrected chi connectivity index (χ4v) is 3.47. The SMILES string of the molecule is COc1ccc(NC(=O)c2cc(C)nc3c2c(C)nn3-c2ccccc2Cl)cc1. The summed E-state index contributed by atoms with van der Waals surface area (Å²) in [6.45, 7) is 3.71. The summed E-state index contributed by atoms with van der Waals surface area (Å²) in [7, 11) is 1.60. The van der Waals surface area contributed by atoms with Gasteiger partial charge in [-0.3, -0.25) is 4.79 Å². The molecule has 0 radical (unpaired) electrons. The van der Waals surface area contributed by atoms with Gasteiger partial charge in [0.05, 0.1) is 34.5 Å². The lowest BCUT2D eigenvalue weighted by Gasteiger charge is -2.09. The molecule has 0 aliphatic heterocycles. The number of carbonyl (C=O) groups is 1. The standard InChI is InChI=1S/C22H19ClN4O2/c1-13-12-17(22(28)25-15-8-10-16(29-3)11-9-15)20-14(2)26-27(21(20)24-13)19-7-5-4-6-18(19)23/h4-12H,1-3H3,(H,25,28). The summed E-state index contributed by atoms with van der Waals surface area (Å²) in [5.74, 6) is 0.495. The van der Waals surface area contributed by atoms with E-state index in [4.69, 9.17) is 16.3 Å². The molecule has 0 unspecified atom stereocenters. The maximum absolute atomic E-state index is 13.1. The monoisotopic (exact) mass is 406 g/mol. The van der Waals surface area contributed by atoms with Crippen molar-refractivity contribution in [1.82, 2.24) is 14.8 Å². The summed E-state index contributed by atoms with van der Waals surface area (Å²) in [6, 6.07) is 16.4. The number of benzene rings is 2. The Morgan fingerprint density at radius 3 is 2.52 bits per heavy atom. The summed E-state index contributed by atoms with van der Waals surface area (Å²) in [6.07, 6.45) is 0. The molecule has 1 amide bonds. The first kappa shape index (κ1) is 19.0. The molecule has 0 bridgehead atoms. The Morgan fingerprint density at radius 2 is 1.83 bits per heavy atom. The van der Waals surface area contributed by atoms with Crippen LogP contribution >= 0.6 is 11.6 Å².